The summed E-state index contributed by atoms with van der Waals surface area (Å²) in [6.07, 6.45) is -2.95. The van der Waals surface area contributed by atoms with Crippen molar-refractivity contribution in [1.82, 2.24) is 19.9 Å². The fourth-order valence-corrected chi connectivity index (χ4v) is 2.09. The number of likely N-dealkylation sites (tertiary alicyclic amines) is 1. The van der Waals surface area contributed by atoms with Crippen LogP contribution < -0.4 is 4.90 Å². The molecule has 1 aliphatic rings. The van der Waals surface area contributed by atoms with Crippen molar-refractivity contribution < 1.29 is 24.0 Å². The second-order valence-electron chi connectivity index (χ2n) is 4.82. The molecule has 0 unspecified atom stereocenters. The Hall–Kier alpha value is -2.62. The Morgan fingerprint density at radius 2 is 2.62 bits per heavy atom. The first-order valence-corrected chi connectivity index (χ1v) is 6.71. The van der Waals surface area contributed by atoms with Crippen LogP contribution in [-0.4, -0.2) is 58.2 Å². The summed E-state index contributed by atoms with van der Waals surface area (Å²) in [5.74, 6) is -6.43. The van der Waals surface area contributed by atoms with Gasteiger partial charge in [0.25, 0.3) is 6.50 Å². The molecule has 0 saturated carbocycles. The van der Waals surface area contributed by atoms with Crippen molar-refractivity contribution in [1.29, 1.82) is 0 Å². The summed E-state index contributed by atoms with van der Waals surface area (Å²) < 4.78 is 117. The minimum Gasteiger partial charge on any atom is -0.354 e. The van der Waals surface area contributed by atoms with Gasteiger partial charge in [0.05, 0.1) is 16.9 Å². The monoisotopic (exact) mass is 340 g/mol. The maximum atomic E-state index is 13.1. The lowest BCUT2D eigenvalue weighted by Gasteiger charge is -2.41. The maximum absolute atomic E-state index is 13.1. The van der Waals surface area contributed by atoms with Crippen LogP contribution in [0.1, 0.15) is 38.2 Å². The summed E-state index contributed by atoms with van der Waals surface area (Å²) >= 11 is 0. The molecule has 0 aromatic carbocycles. The maximum Gasteiger partial charge on any atom is 0.302 e. The number of rotatable bonds is 3. The van der Waals surface area contributed by atoms with Crippen LogP contribution in [0.3, 0.4) is 0 Å². The van der Waals surface area contributed by atoms with Crippen LogP contribution in [0.4, 0.5) is 5.82 Å². The van der Waals surface area contributed by atoms with Crippen molar-refractivity contribution in [3.63, 3.8) is 0 Å². The Morgan fingerprint density at radius 1 is 1.79 bits per heavy atom. The standard InChI is InChI=1S/C17H22N6O/c1-11-5-6-23(15(24)8-18-3)9-14(11)22(4)17-13-7-12(2)21-16(13)19-10-20-17/h7,10-11,14H,5-6,8-9H2,1-2,4H3,(H,19,20,21)/t11-,14+/m1/s1/i4D3,5D2,6D2,7D,8D2,9D2,11D,14D. The van der Waals surface area contributed by atoms with E-state index in [1.54, 1.807) is 0 Å². The fraction of sp³-hybridized carbons (Fsp3) is 0.529. The lowest BCUT2D eigenvalue weighted by molar-refractivity contribution is -0.130. The van der Waals surface area contributed by atoms with Crippen LogP contribution in [0, 0.1) is 19.4 Å². The van der Waals surface area contributed by atoms with Crippen molar-refractivity contribution in [2.45, 2.75) is 26.2 Å². The first-order chi connectivity index (χ1) is 16.9. The molecule has 3 heterocycles. The molecule has 0 bridgehead atoms. The number of amides is 1. The van der Waals surface area contributed by atoms with Gasteiger partial charge in [0.1, 0.15) is 20.5 Å². The number of aromatic amines is 1. The Kier molecular flexibility index (Phi) is 1.71. The Bertz CT molecular complexity index is 1350. The molecule has 2 atom stereocenters. The normalized spacial score (nSPS) is 43.0. The van der Waals surface area contributed by atoms with E-state index >= 15 is 0 Å². The Balaban J connectivity index is 2.55. The van der Waals surface area contributed by atoms with Crippen molar-refractivity contribution in [3.05, 3.63) is 29.5 Å². The molecule has 1 saturated heterocycles. The summed E-state index contributed by atoms with van der Waals surface area (Å²) in [7, 11) is 0. The number of piperidine rings is 1. The lowest BCUT2D eigenvalue weighted by atomic mass is 9.92. The summed E-state index contributed by atoms with van der Waals surface area (Å²) in [6, 6.07) is -4.18. The van der Waals surface area contributed by atoms with Crippen molar-refractivity contribution in [2.24, 2.45) is 5.89 Å². The van der Waals surface area contributed by atoms with E-state index in [0.29, 0.717) is 6.92 Å². The molecule has 2 aromatic heterocycles. The number of aryl methyl sites for hydroxylation is 1. The highest BCUT2D eigenvalue weighted by atomic mass is 16.2. The molecule has 1 amide bonds. The quantitative estimate of drug-likeness (QED) is 0.866. The average Bonchev–Trinajstić information content (AvgIpc) is 3.05. The van der Waals surface area contributed by atoms with E-state index in [0.717, 1.165) is 6.33 Å². The van der Waals surface area contributed by atoms with Gasteiger partial charge in [-0.25, -0.2) is 16.5 Å². The summed E-state index contributed by atoms with van der Waals surface area (Å²) in [5.41, 5.74) is 0.0503. The molecule has 1 aliphatic heterocycles. The molecule has 0 aliphatic carbocycles. The van der Waals surface area contributed by atoms with E-state index in [4.69, 9.17) is 24.4 Å². The molecule has 0 radical (unpaired) electrons. The zero-order valence-corrected chi connectivity index (χ0v) is 12.7. The SMILES string of the molecule is [2H]c1c(C)[nH]c2ncnc(N(C([2H])([2H])[2H])[C@@]3([2H])C([2H])([2H])N(C(=O)C([2H])([2H])[N+]#[C-])C([2H])([2H])C([2H])([2H])[C@@]3([2H])C)c12. The van der Waals surface area contributed by atoms with Gasteiger partial charge in [-0.05, 0) is 25.2 Å². The largest absolute Gasteiger partial charge is 0.354 e. The van der Waals surface area contributed by atoms with Crippen LogP contribution in [0.2, 0.25) is 0 Å². The van der Waals surface area contributed by atoms with Crippen molar-refractivity contribution in [3.8, 4) is 0 Å². The smallest absolute Gasteiger partial charge is 0.302 e. The van der Waals surface area contributed by atoms with Gasteiger partial charge in [-0.2, -0.15) is 0 Å². The minimum absolute atomic E-state index is 0.0942. The zero-order valence-electron chi connectivity index (χ0n) is 26.7. The van der Waals surface area contributed by atoms with Crippen LogP contribution in [0.25, 0.3) is 15.9 Å². The number of H-pyrrole nitrogens is 1. The van der Waals surface area contributed by atoms with Gasteiger partial charge in [-0.1, -0.05) is 6.92 Å². The topological polar surface area (TPSA) is 69.5 Å². The highest BCUT2D eigenvalue weighted by Gasteiger charge is 2.33. The predicted molar refractivity (Wildman–Crippen MR) is 92.6 cm³/mol. The number of carbonyl (C=O) groups is 1. The second-order valence-corrected chi connectivity index (χ2v) is 4.82. The van der Waals surface area contributed by atoms with Gasteiger partial charge in [-0.3, -0.25) is 4.79 Å². The summed E-state index contributed by atoms with van der Waals surface area (Å²) in [6.45, 7) is -6.19. The number of nitrogens with one attached hydrogen (secondary N) is 1. The highest BCUT2D eigenvalue weighted by molar-refractivity contribution is 5.88. The molecule has 2 aromatic rings. The van der Waals surface area contributed by atoms with E-state index in [1.165, 1.54) is 6.92 Å². The van der Waals surface area contributed by atoms with Gasteiger partial charge in [0.15, 0.2) is 0 Å². The summed E-state index contributed by atoms with van der Waals surface area (Å²) in [4.78, 5) is 25.1. The van der Waals surface area contributed by atoms with Crippen LogP contribution in [0.5, 0.6) is 0 Å². The Labute approximate surface area is 161 Å². The van der Waals surface area contributed by atoms with Crippen molar-refractivity contribution >= 4 is 22.8 Å². The van der Waals surface area contributed by atoms with E-state index in [9.17, 15) is 6.17 Å². The third-order valence-electron chi connectivity index (χ3n) is 3.16. The molecule has 126 valence electrons. The zero-order chi connectivity index (χ0) is 29.7. The molecular weight excluding hydrogens is 304 g/mol. The van der Waals surface area contributed by atoms with E-state index in [2.05, 4.69) is 19.8 Å². The molecule has 7 heteroatoms. The van der Waals surface area contributed by atoms with E-state index in [1.807, 2.05) is 0 Å². The highest BCUT2D eigenvalue weighted by Crippen LogP contribution is 2.29. The molecular formula is C17H22N6O. The Morgan fingerprint density at radius 3 is 3.38 bits per heavy atom. The van der Waals surface area contributed by atoms with Crippen LogP contribution in [0.15, 0.2) is 12.4 Å². The van der Waals surface area contributed by atoms with Crippen molar-refractivity contribution in [2.75, 3.05) is 31.4 Å². The minimum atomic E-state index is -4.01. The van der Waals surface area contributed by atoms with Gasteiger partial charge < -0.3 is 19.6 Å². The van der Waals surface area contributed by atoms with Gasteiger partial charge >= 0.3 is 5.91 Å². The number of nitrogens with zero attached hydrogens (tertiary/aromatic N) is 5. The van der Waals surface area contributed by atoms with E-state index in [-0.39, 0.29) is 27.7 Å². The third-order valence-corrected chi connectivity index (χ3v) is 3.16. The molecule has 0 spiro atoms. The number of hydrogen-bond acceptors (Lipinski definition) is 4. The third kappa shape index (κ3) is 2.92. The number of anilines is 1. The molecule has 7 nitrogen and oxygen atoms in total. The number of hydrogen-bond donors (Lipinski definition) is 1. The van der Waals surface area contributed by atoms with E-state index < -0.39 is 61.4 Å². The molecule has 1 fully saturated rings. The number of carbonyl (C=O) groups excluding carboxylic acids is 1. The first kappa shape index (κ1) is 6.36. The lowest BCUT2D eigenvalue weighted by Crippen LogP contribution is -2.53. The number of likely N-dealkylation sites (N-methyl/N-ethyl adjacent to an activating group) is 1. The average molecular weight is 340 g/mol. The second kappa shape index (κ2) is 6.48. The van der Waals surface area contributed by atoms with Gasteiger partial charge in [0.2, 0.25) is 0 Å². The molecule has 1 N–H and O–H groups in total. The van der Waals surface area contributed by atoms with Gasteiger partial charge in [0, 0.05) is 36.6 Å². The summed E-state index contributed by atoms with van der Waals surface area (Å²) in [5, 5.41) is -0.345. The van der Waals surface area contributed by atoms with Crippen LogP contribution >= 0.6 is 0 Å². The van der Waals surface area contributed by atoms with Crippen LogP contribution in [-0.2, 0) is 4.79 Å². The number of aromatic nitrogens is 3. The molecule has 24 heavy (non-hydrogen) atoms. The first-order valence-electron chi connectivity index (χ1n) is 13.7. The number of fused-ring (bicyclic) bond motifs is 1. The van der Waals surface area contributed by atoms with Gasteiger partial charge in [-0.15, -0.1) is 0 Å². The molecule has 3 rings (SSSR count). The predicted octanol–water partition coefficient (Wildman–Crippen LogP) is 1.86. The fourth-order valence-electron chi connectivity index (χ4n) is 2.09.